The molecule has 0 spiro atoms. The van der Waals surface area contributed by atoms with Crippen LogP contribution in [-0.4, -0.2) is 0 Å². The van der Waals surface area contributed by atoms with Crippen LogP contribution in [0.2, 0.25) is 0 Å². The summed E-state index contributed by atoms with van der Waals surface area (Å²) in [5, 5.41) is 0. The molecule has 0 aliphatic carbocycles. The maximum atomic E-state index is 2.53. The molecule has 1 heterocycles. The Hall–Kier alpha value is -0.850. The van der Waals surface area contributed by atoms with Crippen molar-refractivity contribution in [1.82, 2.24) is 0 Å². The Morgan fingerprint density at radius 3 is 1.23 bits per heavy atom. The second-order valence-corrected chi connectivity index (χ2v) is 9.95. The van der Waals surface area contributed by atoms with E-state index in [1.165, 1.54) is 141 Å². The third-order valence-electron chi connectivity index (χ3n) is 6.69. The van der Waals surface area contributed by atoms with Gasteiger partial charge in [-0.2, -0.15) is 0 Å². The topological polar surface area (TPSA) is 3.88 Å². The molecule has 0 saturated heterocycles. The fraction of sp³-hybridized carbons (Fsp3) is 0.833. The largest absolute Gasteiger partial charge is 0.205 e. The monoisotopic (exact) mass is 430 g/mol. The lowest BCUT2D eigenvalue weighted by Gasteiger charge is -2.07. The van der Waals surface area contributed by atoms with Crippen molar-refractivity contribution in [1.29, 1.82) is 0 Å². The first-order chi connectivity index (χ1) is 15.3. The average molecular weight is 431 g/mol. The van der Waals surface area contributed by atoms with Crippen LogP contribution in [0.4, 0.5) is 0 Å². The molecular formula is C30H56N+. The summed E-state index contributed by atoms with van der Waals surface area (Å²) in [5.74, 6) is 0. The molecule has 1 rings (SSSR count). The Kier molecular flexibility index (Phi) is 19.1. The molecule has 0 aromatic carbocycles. The molecule has 0 unspecified atom stereocenters. The van der Waals surface area contributed by atoms with Crippen LogP contribution in [0.25, 0.3) is 0 Å². The van der Waals surface area contributed by atoms with Gasteiger partial charge in [0, 0.05) is 17.5 Å². The summed E-state index contributed by atoms with van der Waals surface area (Å²) < 4.78 is 2.53. The van der Waals surface area contributed by atoms with Gasteiger partial charge in [-0.15, -0.1) is 0 Å². The van der Waals surface area contributed by atoms with E-state index in [2.05, 4.69) is 43.8 Å². The van der Waals surface area contributed by atoms with Gasteiger partial charge in [0.1, 0.15) is 6.54 Å². The lowest BCUT2D eigenvalue weighted by molar-refractivity contribution is -0.698. The van der Waals surface area contributed by atoms with Crippen LogP contribution in [0, 0.1) is 0 Å². The summed E-state index contributed by atoms with van der Waals surface area (Å²) in [6, 6.07) is 2.52. The van der Waals surface area contributed by atoms with Crippen LogP contribution < -0.4 is 4.57 Å². The molecule has 31 heavy (non-hydrogen) atoms. The second-order valence-electron chi connectivity index (χ2n) is 9.95. The second kappa shape index (κ2) is 21.0. The number of aromatic nitrogens is 1. The van der Waals surface area contributed by atoms with E-state index in [1.54, 1.807) is 11.1 Å². The summed E-state index contributed by atoms with van der Waals surface area (Å²) in [6.45, 7) is 8.12. The van der Waals surface area contributed by atoms with Crippen molar-refractivity contribution in [3.05, 3.63) is 29.6 Å². The molecule has 0 aliphatic heterocycles. The van der Waals surface area contributed by atoms with Gasteiger partial charge in [0.25, 0.3) is 0 Å². The average Bonchev–Trinajstić information content (AvgIpc) is 2.78. The fourth-order valence-corrected chi connectivity index (χ4v) is 4.65. The lowest BCUT2D eigenvalue weighted by Crippen LogP contribution is -2.34. The molecule has 0 radical (unpaired) electrons. The molecule has 0 aliphatic rings. The lowest BCUT2D eigenvalue weighted by atomic mass is 10.0. The van der Waals surface area contributed by atoms with Crippen molar-refractivity contribution >= 4 is 0 Å². The Morgan fingerprint density at radius 2 is 0.806 bits per heavy atom. The number of rotatable bonds is 22. The van der Waals surface area contributed by atoms with Crippen LogP contribution in [0.5, 0.6) is 0 Å². The number of hydrogen-bond donors (Lipinski definition) is 0. The molecule has 0 amide bonds. The zero-order chi connectivity index (χ0) is 22.4. The summed E-state index contributed by atoms with van der Waals surface area (Å²) in [6.07, 6.45) is 34.0. The van der Waals surface area contributed by atoms with E-state index in [0.29, 0.717) is 0 Å². The quantitative estimate of drug-likeness (QED) is 0.127. The first-order valence-electron chi connectivity index (χ1n) is 14.3. The minimum absolute atomic E-state index is 1.21. The molecule has 0 fully saturated rings. The minimum atomic E-state index is 1.21. The van der Waals surface area contributed by atoms with Gasteiger partial charge >= 0.3 is 0 Å². The van der Waals surface area contributed by atoms with Gasteiger partial charge in [-0.3, -0.25) is 0 Å². The van der Waals surface area contributed by atoms with E-state index in [4.69, 9.17) is 0 Å². The highest BCUT2D eigenvalue weighted by Crippen LogP contribution is 2.13. The molecule has 0 N–H and O–H groups in total. The Morgan fingerprint density at radius 1 is 0.452 bits per heavy atom. The predicted octanol–water partition coefficient (Wildman–Crippen LogP) is 9.53. The smallest absolute Gasteiger partial charge is 0.171 e. The summed E-state index contributed by atoms with van der Waals surface area (Å²) >= 11 is 0. The molecule has 1 heteroatoms. The van der Waals surface area contributed by atoms with Crippen LogP contribution in [-0.2, 0) is 19.4 Å². The Labute approximate surface area is 196 Å². The number of aryl methyl sites for hydroxylation is 3. The van der Waals surface area contributed by atoms with Gasteiger partial charge in [-0.1, -0.05) is 117 Å². The molecule has 1 aromatic rings. The molecule has 0 bridgehead atoms. The van der Waals surface area contributed by atoms with Gasteiger partial charge in [0.05, 0.1) is 0 Å². The van der Waals surface area contributed by atoms with Gasteiger partial charge < -0.3 is 0 Å². The number of hydrogen-bond acceptors (Lipinski definition) is 0. The van der Waals surface area contributed by atoms with Gasteiger partial charge in [0.15, 0.2) is 12.4 Å². The molecule has 1 aromatic heterocycles. The van der Waals surface area contributed by atoms with E-state index < -0.39 is 0 Å². The van der Waals surface area contributed by atoms with Crippen LogP contribution >= 0.6 is 0 Å². The standard InChI is InChI=1S/C30H56N/c1-4-7-10-13-14-15-16-19-22-25-31-27-29(23-20-17-11-8-5-2)26-30(28-31)24-21-18-12-9-6-3/h26-28H,4-25H2,1-3H3/q+1. The summed E-state index contributed by atoms with van der Waals surface area (Å²) in [4.78, 5) is 0. The predicted molar refractivity (Wildman–Crippen MR) is 139 cm³/mol. The third kappa shape index (κ3) is 16.4. The van der Waals surface area contributed by atoms with Gasteiger partial charge in [-0.25, -0.2) is 4.57 Å². The van der Waals surface area contributed by atoms with E-state index in [9.17, 15) is 0 Å². The van der Waals surface area contributed by atoms with Crippen molar-refractivity contribution in [2.45, 2.75) is 162 Å². The summed E-state index contributed by atoms with van der Waals surface area (Å²) in [5.41, 5.74) is 3.16. The Balaban J connectivity index is 2.41. The number of unbranched alkanes of at least 4 members (excludes halogenated alkanes) is 16. The van der Waals surface area contributed by atoms with Crippen LogP contribution in [0.15, 0.2) is 18.5 Å². The van der Waals surface area contributed by atoms with E-state index >= 15 is 0 Å². The molecule has 0 saturated carbocycles. The first-order valence-corrected chi connectivity index (χ1v) is 14.3. The number of pyridine rings is 1. The van der Waals surface area contributed by atoms with E-state index in [0.717, 1.165) is 0 Å². The van der Waals surface area contributed by atoms with Gasteiger partial charge in [-0.05, 0) is 38.2 Å². The van der Waals surface area contributed by atoms with Crippen molar-refractivity contribution in [3.8, 4) is 0 Å². The van der Waals surface area contributed by atoms with Crippen LogP contribution in [0.3, 0.4) is 0 Å². The molecular weight excluding hydrogens is 374 g/mol. The van der Waals surface area contributed by atoms with Crippen molar-refractivity contribution < 1.29 is 4.57 Å². The minimum Gasteiger partial charge on any atom is -0.205 e. The maximum absolute atomic E-state index is 2.53. The van der Waals surface area contributed by atoms with Crippen molar-refractivity contribution in [3.63, 3.8) is 0 Å². The zero-order valence-electron chi connectivity index (χ0n) is 21.7. The normalized spacial score (nSPS) is 11.3. The Bertz CT molecular complexity index is 475. The molecule has 180 valence electrons. The van der Waals surface area contributed by atoms with Crippen molar-refractivity contribution in [2.24, 2.45) is 0 Å². The highest BCUT2D eigenvalue weighted by molar-refractivity contribution is 5.15. The molecule has 0 atom stereocenters. The van der Waals surface area contributed by atoms with Gasteiger partial charge in [0.2, 0.25) is 0 Å². The highest BCUT2D eigenvalue weighted by atomic mass is 14.9. The number of nitrogens with zero attached hydrogens (tertiary/aromatic N) is 1. The fourth-order valence-electron chi connectivity index (χ4n) is 4.65. The van der Waals surface area contributed by atoms with E-state index in [-0.39, 0.29) is 0 Å². The maximum Gasteiger partial charge on any atom is 0.171 e. The first kappa shape index (κ1) is 28.2. The van der Waals surface area contributed by atoms with Crippen LogP contribution in [0.1, 0.15) is 154 Å². The van der Waals surface area contributed by atoms with Crippen molar-refractivity contribution in [2.75, 3.05) is 0 Å². The third-order valence-corrected chi connectivity index (χ3v) is 6.69. The SMILES string of the molecule is CCCCCCCCCCC[n+]1cc(CCCCCCC)cc(CCCCCCC)c1. The highest BCUT2D eigenvalue weighted by Gasteiger charge is 2.08. The summed E-state index contributed by atoms with van der Waals surface area (Å²) in [7, 11) is 0. The zero-order valence-corrected chi connectivity index (χ0v) is 21.7. The molecule has 1 nitrogen and oxygen atoms in total. The van der Waals surface area contributed by atoms with E-state index in [1.807, 2.05) is 0 Å².